The number of fused-ring (bicyclic) bond motifs is 1. The first-order chi connectivity index (χ1) is 10.1. The lowest BCUT2D eigenvalue weighted by molar-refractivity contribution is 0.580. The van der Waals surface area contributed by atoms with Gasteiger partial charge in [-0.15, -0.1) is 0 Å². The second kappa shape index (κ2) is 5.27. The highest BCUT2D eigenvalue weighted by Crippen LogP contribution is 2.20. The van der Waals surface area contributed by atoms with Crippen molar-refractivity contribution in [3.05, 3.63) is 54.5 Å². The summed E-state index contributed by atoms with van der Waals surface area (Å²) >= 11 is 0. The molecule has 108 valence electrons. The van der Waals surface area contributed by atoms with E-state index in [1.165, 1.54) is 0 Å². The number of nitrogens with one attached hydrogen (secondary N) is 1. The molecule has 0 aliphatic heterocycles. The summed E-state index contributed by atoms with van der Waals surface area (Å²) in [6, 6.07) is 10.5. The van der Waals surface area contributed by atoms with E-state index in [1.807, 2.05) is 12.1 Å². The molecule has 0 aliphatic carbocycles. The third kappa shape index (κ3) is 2.79. The minimum atomic E-state index is -3.64. The first-order valence-electron chi connectivity index (χ1n) is 6.38. The van der Waals surface area contributed by atoms with E-state index in [1.54, 1.807) is 48.4 Å². The fourth-order valence-electron chi connectivity index (χ4n) is 2.10. The van der Waals surface area contributed by atoms with Crippen LogP contribution >= 0.6 is 0 Å². The highest BCUT2D eigenvalue weighted by molar-refractivity contribution is 7.89. The summed E-state index contributed by atoms with van der Waals surface area (Å²) in [5.41, 5.74) is 1.13. The number of aryl methyl sites for hydroxylation is 1. The van der Waals surface area contributed by atoms with E-state index in [9.17, 15) is 8.42 Å². The van der Waals surface area contributed by atoms with E-state index < -0.39 is 10.0 Å². The number of para-hydroxylation sites is 1. The Kier molecular flexibility index (Phi) is 3.44. The number of aromatic nitrogens is 3. The molecule has 1 aromatic carbocycles. The second-order valence-corrected chi connectivity index (χ2v) is 6.37. The molecular formula is C14H14N4O2S. The Morgan fingerprint density at radius 1 is 1.19 bits per heavy atom. The Hall–Kier alpha value is -2.25. The van der Waals surface area contributed by atoms with Gasteiger partial charge in [-0.05, 0) is 18.2 Å². The summed E-state index contributed by atoms with van der Waals surface area (Å²) in [5.74, 6) is 0. The average Bonchev–Trinajstić information content (AvgIpc) is 2.90. The molecule has 0 bridgehead atoms. The SMILES string of the molecule is Cn1ccc(CNS(=O)(=O)c2cccc3cccnc23)n1. The first-order valence-corrected chi connectivity index (χ1v) is 7.86. The zero-order valence-electron chi connectivity index (χ0n) is 11.4. The number of hydrogen-bond acceptors (Lipinski definition) is 4. The van der Waals surface area contributed by atoms with Crippen molar-refractivity contribution >= 4 is 20.9 Å². The number of hydrogen-bond donors (Lipinski definition) is 1. The van der Waals surface area contributed by atoms with Crippen LogP contribution in [0.3, 0.4) is 0 Å². The molecule has 7 heteroatoms. The summed E-state index contributed by atoms with van der Waals surface area (Å²) < 4.78 is 29.1. The number of sulfonamides is 1. The number of pyridine rings is 1. The zero-order chi connectivity index (χ0) is 14.9. The van der Waals surface area contributed by atoms with Crippen LogP contribution in [0.1, 0.15) is 5.69 Å². The van der Waals surface area contributed by atoms with E-state index >= 15 is 0 Å². The van der Waals surface area contributed by atoms with E-state index in [0.29, 0.717) is 11.2 Å². The summed E-state index contributed by atoms with van der Waals surface area (Å²) in [6.07, 6.45) is 3.35. The summed E-state index contributed by atoms with van der Waals surface area (Å²) in [5, 5.41) is 4.93. The molecule has 2 aromatic heterocycles. The fourth-order valence-corrected chi connectivity index (χ4v) is 3.27. The Morgan fingerprint density at radius 2 is 2.00 bits per heavy atom. The van der Waals surface area contributed by atoms with Crippen LogP contribution in [0.25, 0.3) is 10.9 Å². The lowest BCUT2D eigenvalue weighted by Gasteiger charge is -2.07. The van der Waals surface area contributed by atoms with Crippen molar-refractivity contribution < 1.29 is 8.42 Å². The molecule has 2 heterocycles. The zero-order valence-corrected chi connectivity index (χ0v) is 12.2. The summed E-state index contributed by atoms with van der Waals surface area (Å²) in [4.78, 5) is 4.34. The molecule has 0 amide bonds. The molecule has 3 rings (SSSR count). The molecule has 0 atom stereocenters. The lowest BCUT2D eigenvalue weighted by Crippen LogP contribution is -2.24. The van der Waals surface area contributed by atoms with Crippen LogP contribution in [0.2, 0.25) is 0 Å². The minimum absolute atomic E-state index is 0.145. The van der Waals surface area contributed by atoms with Crippen LogP contribution in [-0.4, -0.2) is 23.2 Å². The van der Waals surface area contributed by atoms with Gasteiger partial charge in [-0.3, -0.25) is 9.67 Å². The molecule has 21 heavy (non-hydrogen) atoms. The van der Waals surface area contributed by atoms with Crippen LogP contribution < -0.4 is 4.72 Å². The van der Waals surface area contributed by atoms with Gasteiger partial charge in [0.05, 0.1) is 17.8 Å². The van der Waals surface area contributed by atoms with Gasteiger partial charge in [-0.2, -0.15) is 5.10 Å². The second-order valence-electron chi connectivity index (χ2n) is 4.64. The van der Waals surface area contributed by atoms with Crippen molar-refractivity contribution in [2.45, 2.75) is 11.4 Å². The van der Waals surface area contributed by atoms with Crippen molar-refractivity contribution in [3.8, 4) is 0 Å². The van der Waals surface area contributed by atoms with E-state index in [2.05, 4.69) is 14.8 Å². The van der Waals surface area contributed by atoms with Crippen LogP contribution in [0.4, 0.5) is 0 Å². The van der Waals surface area contributed by atoms with Gasteiger partial charge < -0.3 is 0 Å². The number of nitrogens with zero attached hydrogens (tertiary/aromatic N) is 3. The Bertz CT molecular complexity index is 881. The standard InChI is InChI=1S/C14H14N4O2S/c1-18-9-7-12(17-18)10-16-21(19,20)13-6-2-4-11-5-3-8-15-14(11)13/h2-9,16H,10H2,1H3. The van der Waals surface area contributed by atoms with Crippen molar-refractivity contribution in [3.63, 3.8) is 0 Å². The fraction of sp³-hybridized carbons (Fsp3) is 0.143. The van der Waals surface area contributed by atoms with Gasteiger partial charge >= 0.3 is 0 Å². The Balaban J connectivity index is 1.93. The first kappa shape index (κ1) is 13.7. The molecular weight excluding hydrogens is 288 g/mol. The third-order valence-corrected chi connectivity index (χ3v) is 4.53. The number of rotatable bonds is 4. The van der Waals surface area contributed by atoms with E-state index in [0.717, 1.165) is 5.39 Å². The molecule has 3 aromatic rings. The molecule has 0 spiro atoms. The molecule has 0 saturated heterocycles. The van der Waals surface area contributed by atoms with Gasteiger partial charge in [0.25, 0.3) is 0 Å². The quantitative estimate of drug-likeness (QED) is 0.791. The van der Waals surface area contributed by atoms with Gasteiger partial charge in [-0.1, -0.05) is 18.2 Å². The minimum Gasteiger partial charge on any atom is -0.276 e. The topological polar surface area (TPSA) is 76.9 Å². The third-order valence-electron chi connectivity index (χ3n) is 3.10. The predicted octanol–water partition coefficient (Wildman–Crippen LogP) is 1.45. The summed E-state index contributed by atoms with van der Waals surface area (Å²) in [6.45, 7) is 0.145. The molecule has 0 radical (unpaired) electrons. The molecule has 0 aliphatic rings. The van der Waals surface area contributed by atoms with Crippen molar-refractivity contribution in [2.75, 3.05) is 0 Å². The largest absolute Gasteiger partial charge is 0.276 e. The predicted molar refractivity (Wildman–Crippen MR) is 79.0 cm³/mol. The van der Waals surface area contributed by atoms with Crippen LogP contribution in [0.15, 0.2) is 53.7 Å². The molecule has 0 unspecified atom stereocenters. The van der Waals surface area contributed by atoms with Crippen LogP contribution in [0, 0.1) is 0 Å². The molecule has 1 N–H and O–H groups in total. The van der Waals surface area contributed by atoms with Crippen molar-refractivity contribution in [1.29, 1.82) is 0 Å². The smallest absolute Gasteiger partial charge is 0.243 e. The van der Waals surface area contributed by atoms with Crippen LogP contribution in [-0.2, 0) is 23.6 Å². The van der Waals surface area contributed by atoms with Gasteiger partial charge in [0.15, 0.2) is 0 Å². The lowest BCUT2D eigenvalue weighted by atomic mass is 10.2. The Morgan fingerprint density at radius 3 is 2.76 bits per heavy atom. The maximum Gasteiger partial charge on any atom is 0.243 e. The number of benzene rings is 1. The van der Waals surface area contributed by atoms with E-state index in [-0.39, 0.29) is 11.4 Å². The normalized spacial score (nSPS) is 11.9. The highest BCUT2D eigenvalue weighted by Gasteiger charge is 2.18. The van der Waals surface area contributed by atoms with E-state index in [4.69, 9.17) is 0 Å². The highest BCUT2D eigenvalue weighted by atomic mass is 32.2. The monoisotopic (exact) mass is 302 g/mol. The maximum absolute atomic E-state index is 12.4. The van der Waals surface area contributed by atoms with Crippen molar-refractivity contribution in [2.24, 2.45) is 7.05 Å². The van der Waals surface area contributed by atoms with Gasteiger partial charge in [-0.25, -0.2) is 13.1 Å². The molecule has 0 fully saturated rings. The molecule has 0 saturated carbocycles. The van der Waals surface area contributed by atoms with Gasteiger partial charge in [0, 0.05) is 24.8 Å². The molecule has 6 nitrogen and oxygen atoms in total. The maximum atomic E-state index is 12.4. The van der Waals surface area contributed by atoms with Crippen LogP contribution in [0.5, 0.6) is 0 Å². The summed E-state index contributed by atoms with van der Waals surface area (Å²) in [7, 11) is -1.85. The average molecular weight is 302 g/mol. The van der Waals surface area contributed by atoms with Crippen molar-refractivity contribution in [1.82, 2.24) is 19.5 Å². The van der Waals surface area contributed by atoms with Gasteiger partial charge in [0.1, 0.15) is 4.90 Å². The Labute approximate surface area is 122 Å². The van der Waals surface area contributed by atoms with Gasteiger partial charge in [0.2, 0.25) is 10.0 Å².